The molecule has 2 aromatic carbocycles. The third-order valence-corrected chi connectivity index (χ3v) is 3.84. The van der Waals surface area contributed by atoms with Crippen molar-refractivity contribution in [3.05, 3.63) is 53.1 Å². The Hall–Kier alpha value is -1.37. The summed E-state index contributed by atoms with van der Waals surface area (Å²) >= 11 is 7.08. The zero-order valence-electron chi connectivity index (χ0n) is 10.0. The van der Waals surface area contributed by atoms with E-state index in [0.29, 0.717) is 9.92 Å². The van der Waals surface area contributed by atoms with Gasteiger partial charge in [0.15, 0.2) is 0 Å². The van der Waals surface area contributed by atoms with E-state index in [4.69, 9.17) is 17.4 Å². The molecule has 0 heterocycles. The number of hydrogen-bond donors (Lipinski definition) is 2. The molecule has 0 bridgehead atoms. The zero-order chi connectivity index (χ0) is 14.8. The molecule has 20 heavy (non-hydrogen) atoms. The molecule has 0 unspecified atom stereocenters. The maximum atomic E-state index is 12.6. The zero-order valence-corrected chi connectivity index (χ0v) is 11.6. The Morgan fingerprint density at radius 3 is 2.25 bits per heavy atom. The number of nitrogens with two attached hydrogens (primary N) is 1. The summed E-state index contributed by atoms with van der Waals surface area (Å²) in [4.78, 5) is 1.45. The largest absolute Gasteiger partial charge is 0.416 e. The quantitative estimate of drug-likeness (QED) is 0.631. The predicted molar refractivity (Wildman–Crippen MR) is 74.8 cm³/mol. The lowest BCUT2D eigenvalue weighted by atomic mass is 10.2. The van der Waals surface area contributed by atoms with Crippen LogP contribution in [0.2, 0.25) is 5.02 Å². The average Bonchev–Trinajstić information content (AvgIpc) is 2.40. The Labute approximate surface area is 123 Å². The van der Waals surface area contributed by atoms with Crippen LogP contribution in [0.4, 0.5) is 18.9 Å². The number of nitrogen functional groups attached to an aromatic ring is 1. The van der Waals surface area contributed by atoms with Crippen molar-refractivity contribution in [2.75, 3.05) is 5.43 Å². The number of benzene rings is 2. The van der Waals surface area contributed by atoms with Crippen molar-refractivity contribution < 1.29 is 13.2 Å². The van der Waals surface area contributed by atoms with Gasteiger partial charge in [0.1, 0.15) is 0 Å². The molecule has 0 radical (unpaired) electrons. The molecule has 0 saturated heterocycles. The number of alkyl halides is 3. The molecular formula is C13H10ClF3N2S. The predicted octanol–water partition coefficient (Wildman–Crippen LogP) is 4.80. The van der Waals surface area contributed by atoms with Gasteiger partial charge >= 0.3 is 6.18 Å². The molecular weight excluding hydrogens is 309 g/mol. The van der Waals surface area contributed by atoms with E-state index < -0.39 is 11.7 Å². The van der Waals surface area contributed by atoms with E-state index in [-0.39, 0.29) is 5.69 Å². The van der Waals surface area contributed by atoms with Crippen LogP contribution < -0.4 is 11.3 Å². The molecule has 3 N–H and O–H groups in total. The molecule has 0 aliphatic rings. The van der Waals surface area contributed by atoms with Crippen LogP contribution in [0.1, 0.15) is 5.56 Å². The maximum absolute atomic E-state index is 12.6. The van der Waals surface area contributed by atoms with Crippen LogP contribution in [-0.4, -0.2) is 0 Å². The monoisotopic (exact) mass is 318 g/mol. The second-order valence-electron chi connectivity index (χ2n) is 3.91. The molecule has 7 heteroatoms. The van der Waals surface area contributed by atoms with Crippen LogP contribution in [0.3, 0.4) is 0 Å². The Morgan fingerprint density at radius 2 is 1.70 bits per heavy atom. The van der Waals surface area contributed by atoms with Gasteiger partial charge in [-0.2, -0.15) is 13.2 Å². The van der Waals surface area contributed by atoms with Gasteiger partial charge < -0.3 is 5.43 Å². The van der Waals surface area contributed by atoms with Crippen LogP contribution in [0.15, 0.2) is 52.3 Å². The minimum Gasteiger partial charge on any atom is -0.323 e. The number of hydrazine groups is 1. The molecule has 0 aliphatic carbocycles. The van der Waals surface area contributed by atoms with Gasteiger partial charge in [0, 0.05) is 14.8 Å². The molecule has 0 aliphatic heterocycles. The average molecular weight is 319 g/mol. The second kappa shape index (κ2) is 5.95. The van der Waals surface area contributed by atoms with Crippen LogP contribution in [0.5, 0.6) is 0 Å². The van der Waals surface area contributed by atoms with Crippen molar-refractivity contribution in [1.29, 1.82) is 0 Å². The van der Waals surface area contributed by atoms with Crippen LogP contribution >= 0.6 is 23.4 Å². The topological polar surface area (TPSA) is 38.0 Å². The van der Waals surface area contributed by atoms with Gasteiger partial charge in [0.2, 0.25) is 0 Å². The first kappa shape index (κ1) is 15.0. The molecule has 0 aromatic heterocycles. The molecule has 106 valence electrons. The van der Waals surface area contributed by atoms with E-state index in [2.05, 4.69) is 5.43 Å². The number of hydrogen-bond acceptors (Lipinski definition) is 3. The Morgan fingerprint density at radius 1 is 1.05 bits per heavy atom. The van der Waals surface area contributed by atoms with E-state index in [0.717, 1.165) is 17.0 Å². The molecule has 0 saturated carbocycles. The number of rotatable bonds is 3. The van der Waals surface area contributed by atoms with Crippen molar-refractivity contribution in [3.8, 4) is 0 Å². The van der Waals surface area contributed by atoms with Crippen molar-refractivity contribution in [3.63, 3.8) is 0 Å². The normalized spacial score (nSPS) is 11.4. The number of nitrogens with one attached hydrogen (secondary N) is 1. The molecule has 0 amide bonds. The van der Waals surface area contributed by atoms with E-state index in [1.807, 2.05) is 0 Å². The summed E-state index contributed by atoms with van der Waals surface area (Å²) in [5.74, 6) is 5.29. The molecule has 2 nitrogen and oxygen atoms in total. The fourth-order valence-electron chi connectivity index (χ4n) is 1.54. The SMILES string of the molecule is NNc1cc(C(F)(F)F)ccc1Sc1ccc(Cl)cc1. The van der Waals surface area contributed by atoms with E-state index >= 15 is 0 Å². The van der Waals surface area contributed by atoms with Gasteiger partial charge in [0.05, 0.1) is 11.3 Å². The lowest BCUT2D eigenvalue weighted by Gasteiger charge is -2.12. The lowest BCUT2D eigenvalue weighted by Crippen LogP contribution is -2.11. The molecule has 2 rings (SSSR count). The fourth-order valence-corrected chi connectivity index (χ4v) is 2.55. The summed E-state index contributed by atoms with van der Waals surface area (Å²) in [5.41, 5.74) is 1.77. The number of anilines is 1. The number of halogens is 4. The van der Waals surface area contributed by atoms with Crippen molar-refractivity contribution >= 4 is 29.1 Å². The van der Waals surface area contributed by atoms with Crippen molar-refractivity contribution in [2.45, 2.75) is 16.0 Å². The molecule has 0 fully saturated rings. The second-order valence-corrected chi connectivity index (χ2v) is 5.46. The fraction of sp³-hybridized carbons (Fsp3) is 0.0769. The highest BCUT2D eigenvalue weighted by atomic mass is 35.5. The molecule has 2 aromatic rings. The van der Waals surface area contributed by atoms with E-state index in [9.17, 15) is 13.2 Å². The van der Waals surface area contributed by atoms with Gasteiger partial charge in [-0.1, -0.05) is 23.4 Å². The highest BCUT2D eigenvalue weighted by molar-refractivity contribution is 7.99. The van der Waals surface area contributed by atoms with E-state index in [1.165, 1.54) is 17.8 Å². The smallest absolute Gasteiger partial charge is 0.323 e. The minimum absolute atomic E-state index is 0.222. The third kappa shape index (κ3) is 3.59. The van der Waals surface area contributed by atoms with Gasteiger partial charge in [-0.05, 0) is 42.5 Å². The van der Waals surface area contributed by atoms with Gasteiger partial charge in [0.25, 0.3) is 0 Å². The first-order chi connectivity index (χ1) is 9.40. The highest BCUT2D eigenvalue weighted by Crippen LogP contribution is 2.38. The van der Waals surface area contributed by atoms with Crippen LogP contribution in [0, 0.1) is 0 Å². The Kier molecular flexibility index (Phi) is 4.47. The molecule has 0 spiro atoms. The first-order valence-corrected chi connectivity index (χ1v) is 6.71. The van der Waals surface area contributed by atoms with Crippen molar-refractivity contribution in [1.82, 2.24) is 0 Å². The van der Waals surface area contributed by atoms with E-state index in [1.54, 1.807) is 24.3 Å². The summed E-state index contributed by atoms with van der Waals surface area (Å²) in [5, 5.41) is 0.596. The summed E-state index contributed by atoms with van der Waals surface area (Å²) in [7, 11) is 0. The lowest BCUT2D eigenvalue weighted by molar-refractivity contribution is -0.137. The minimum atomic E-state index is -4.39. The molecule has 0 atom stereocenters. The van der Waals surface area contributed by atoms with Crippen LogP contribution in [-0.2, 0) is 6.18 Å². The summed E-state index contributed by atoms with van der Waals surface area (Å²) in [6.07, 6.45) is -4.39. The van der Waals surface area contributed by atoms with Crippen molar-refractivity contribution in [2.24, 2.45) is 5.84 Å². The standard InChI is InChI=1S/C13H10ClF3N2S/c14-9-2-4-10(5-3-9)20-12-6-1-8(13(15,16)17)7-11(12)19-18/h1-7,19H,18H2. The first-order valence-electron chi connectivity index (χ1n) is 5.51. The highest BCUT2D eigenvalue weighted by Gasteiger charge is 2.31. The Balaban J connectivity index is 2.30. The third-order valence-electron chi connectivity index (χ3n) is 2.50. The maximum Gasteiger partial charge on any atom is 0.416 e. The van der Waals surface area contributed by atoms with Crippen LogP contribution in [0.25, 0.3) is 0 Å². The Bertz CT molecular complexity index is 600. The van der Waals surface area contributed by atoms with Gasteiger partial charge in [-0.15, -0.1) is 0 Å². The van der Waals surface area contributed by atoms with Gasteiger partial charge in [-0.3, -0.25) is 5.84 Å². The summed E-state index contributed by atoms with van der Waals surface area (Å²) in [6, 6.07) is 10.4. The summed E-state index contributed by atoms with van der Waals surface area (Å²) < 4.78 is 37.9. The summed E-state index contributed by atoms with van der Waals surface area (Å²) in [6.45, 7) is 0. The van der Waals surface area contributed by atoms with Gasteiger partial charge in [-0.25, -0.2) is 0 Å².